The molecule has 0 aromatic rings. The molecule has 0 aliphatic carbocycles. The van der Waals surface area contributed by atoms with Crippen LogP contribution in [-0.2, 0) is 0 Å². The molecule has 0 spiro atoms. The topological polar surface area (TPSA) is 69.2 Å². The molecule has 0 amide bonds. The monoisotopic (exact) mass is 502 g/mol. The van der Waals surface area contributed by atoms with Crippen LogP contribution < -0.4 is 15.3 Å². The summed E-state index contributed by atoms with van der Waals surface area (Å²) in [6.45, 7) is 6.96. The maximum absolute atomic E-state index is 9.96. The summed E-state index contributed by atoms with van der Waals surface area (Å²) >= 11 is 0. The molecule has 0 unspecified atom stereocenters. The van der Waals surface area contributed by atoms with E-state index in [1.807, 2.05) is 0 Å². The van der Waals surface area contributed by atoms with Gasteiger partial charge in [-0.05, 0) is 0 Å². The molecule has 0 rings (SSSR count). The van der Waals surface area contributed by atoms with Crippen molar-refractivity contribution in [3.05, 3.63) is 0 Å². The fraction of sp³-hybridized carbons (Fsp3) is 1.00. The van der Waals surface area contributed by atoms with E-state index in [0.717, 1.165) is 38.5 Å². The average Bonchev–Trinajstić information content (AvgIpc) is 2.69. The van der Waals surface area contributed by atoms with Crippen molar-refractivity contribution in [3.8, 4) is 0 Å². The molecule has 0 saturated carbocycles. The van der Waals surface area contributed by atoms with Gasteiger partial charge in [0.1, 0.15) is 0 Å². The summed E-state index contributed by atoms with van der Waals surface area (Å²) in [4.78, 5) is 0. The molecular formula is C24H51InO3. The Balaban J connectivity index is -0.000000152. The van der Waals surface area contributed by atoms with Crippen molar-refractivity contribution in [3.63, 3.8) is 0 Å². The van der Waals surface area contributed by atoms with E-state index < -0.39 is 0 Å². The Morgan fingerprint density at radius 2 is 0.500 bits per heavy atom. The first-order valence-corrected chi connectivity index (χ1v) is 12.0. The van der Waals surface area contributed by atoms with Crippen LogP contribution in [0.2, 0.25) is 0 Å². The zero-order valence-electron chi connectivity index (χ0n) is 19.7. The van der Waals surface area contributed by atoms with E-state index in [2.05, 4.69) is 20.8 Å². The fourth-order valence-electron chi connectivity index (χ4n) is 2.65. The SMILES string of the molecule is CCCCCCCC[O-].CCCCCCCC[O-].CCCCCCCC[O-].[In+3]. The molecule has 0 fully saturated rings. The second-order valence-electron chi connectivity index (χ2n) is 7.42. The molecule has 0 bridgehead atoms. The van der Waals surface area contributed by atoms with Gasteiger partial charge in [-0.1, -0.05) is 136 Å². The Kier molecular flexibility index (Phi) is 54.2. The molecule has 0 saturated heterocycles. The van der Waals surface area contributed by atoms with Crippen LogP contribution in [0.1, 0.15) is 136 Å². The smallest absolute Gasteiger partial charge is 0.854 e. The third kappa shape index (κ3) is 50.5. The van der Waals surface area contributed by atoms with Crippen LogP contribution in [0.3, 0.4) is 0 Å². The summed E-state index contributed by atoms with van der Waals surface area (Å²) in [5, 5.41) is 29.9. The van der Waals surface area contributed by atoms with E-state index in [1.54, 1.807) is 0 Å². The minimum atomic E-state index is 0. The molecule has 0 radical (unpaired) electrons. The van der Waals surface area contributed by atoms with Crippen molar-refractivity contribution in [2.75, 3.05) is 19.8 Å². The van der Waals surface area contributed by atoms with Crippen molar-refractivity contribution in [1.29, 1.82) is 0 Å². The molecule has 28 heavy (non-hydrogen) atoms. The zero-order valence-corrected chi connectivity index (χ0v) is 22.9. The van der Waals surface area contributed by atoms with E-state index in [1.165, 1.54) is 77.0 Å². The molecule has 0 aliphatic rings. The summed E-state index contributed by atoms with van der Waals surface area (Å²) in [6.07, 6.45) is 21.7. The first-order chi connectivity index (χ1) is 13.2. The van der Waals surface area contributed by atoms with Crippen LogP contribution in [0.4, 0.5) is 0 Å². The minimum absolute atomic E-state index is 0. The van der Waals surface area contributed by atoms with Crippen LogP contribution in [0.15, 0.2) is 0 Å². The minimum Gasteiger partial charge on any atom is -0.854 e. The molecule has 0 aromatic carbocycles. The summed E-state index contributed by atoms with van der Waals surface area (Å²) in [5.74, 6) is 0. The molecule has 0 heterocycles. The van der Waals surface area contributed by atoms with Crippen molar-refractivity contribution in [2.24, 2.45) is 0 Å². The Labute approximate surface area is 196 Å². The molecular weight excluding hydrogens is 451 g/mol. The Morgan fingerprint density at radius 3 is 0.679 bits per heavy atom. The number of hydrogen-bond donors (Lipinski definition) is 0. The van der Waals surface area contributed by atoms with E-state index in [4.69, 9.17) is 0 Å². The standard InChI is InChI=1S/3C8H17O.In/c3*1-2-3-4-5-6-7-8-9;/h3*2-8H2,1H3;/q3*-1;+3. The maximum atomic E-state index is 9.96. The molecule has 0 aliphatic heterocycles. The number of unbranched alkanes of at least 4 members (excludes halogenated alkanes) is 15. The third-order valence-corrected chi connectivity index (χ3v) is 4.49. The second kappa shape index (κ2) is 42.0. The molecule has 0 N–H and O–H groups in total. The summed E-state index contributed by atoms with van der Waals surface area (Å²) in [5.41, 5.74) is 0. The normalized spacial score (nSPS) is 9.64. The predicted molar refractivity (Wildman–Crippen MR) is 120 cm³/mol. The van der Waals surface area contributed by atoms with Gasteiger partial charge in [-0.2, -0.15) is 0 Å². The van der Waals surface area contributed by atoms with E-state index >= 15 is 0 Å². The zero-order chi connectivity index (χ0) is 20.8. The van der Waals surface area contributed by atoms with Crippen molar-refractivity contribution in [2.45, 2.75) is 136 Å². The first kappa shape index (κ1) is 36.1. The van der Waals surface area contributed by atoms with Gasteiger partial charge in [0.2, 0.25) is 0 Å². The van der Waals surface area contributed by atoms with E-state index in [-0.39, 0.29) is 45.7 Å². The average molecular weight is 502 g/mol. The van der Waals surface area contributed by atoms with Crippen LogP contribution in [-0.4, -0.2) is 45.7 Å². The van der Waals surface area contributed by atoms with Gasteiger partial charge in [0.05, 0.1) is 0 Å². The van der Waals surface area contributed by atoms with Gasteiger partial charge >= 0.3 is 25.8 Å². The van der Waals surface area contributed by atoms with Gasteiger partial charge in [-0.25, -0.2) is 0 Å². The Hall–Kier alpha value is 0.750. The van der Waals surface area contributed by atoms with E-state index in [9.17, 15) is 15.3 Å². The molecule has 3 nitrogen and oxygen atoms in total. The van der Waals surface area contributed by atoms with Crippen LogP contribution >= 0.6 is 0 Å². The van der Waals surface area contributed by atoms with Crippen molar-refractivity contribution in [1.82, 2.24) is 0 Å². The summed E-state index contributed by atoms with van der Waals surface area (Å²) in [7, 11) is 0. The maximum Gasteiger partial charge on any atom is 3.00 e. The Morgan fingerprint density at radius 1 is 0.321 bits per heavy atom. The second-order valence-corrected chi connectivity index (χ2v) is 7.42. The fourth-order valence-corrected chi connectivity index (χ4v) is 2.65. The van der Waals surface area contributed by atoms with Gasteiger partial charge in [0, 0.05) is 0 Å². The van der Waals surface area contributed by atoms with Crippen molar-refractivity contribution >= 4 is 25.8 Å². The van der Waals surface area contributed by atoms with Gasteiger partial charge in [0.25, 0.3) is 0 Å². The van der Waals surface area contributed by atoms with E-state index in [0.29, 0.717) is 0 Å². The van der Waals surface area contributed by atoms with Crippen LogP contribution in [0.5, 0.6) is 0 Å². The Bertz CT molecular complexity index is 153. The number of rotatable bonds is 18. The summed E-state index contributed by atoms with van der Waals surface area (Å²) < 4.78 is 0. The van der Waals surface area contributed by atoms with Gasteiger partial charge in [-0.15, -0.1) is 19.8 Å². The van der Waals surface area contributed by atoms with Crippen LogP contribution in [0.25, 0.3) is 0 Å². The molecule has 0 atom stereocenters. The molecule has 168 valence electrons. The first-order valence-electron chi connectivity index (χ1n) is 12.0. The summed E-state index contributed by atoms with van der Waals surface area (Å²) in [6, 6.07) is 0. The predicted octanol–water partition coefficient (Wildman–Crippen LogP) is 4.74. The van der Waals surface area contributed by atoms with Gasteiger partial charge in [-0.3, -0.25) is 0 Å². The largest absolute Gasteiger partial charge is 3.00 e. The van der Waals surface area contributed by atoms with Crippen LogP contribution in [0, 0.1) is 0 Å². The third-order valence-electron chi connectivity index (χ3n) is 4.49. The van der Waals surface area contributed by atoms with Gasteiger partial charge in [0.15, 0.2) is 0 Å². The number of hydrogen-bond acceptors (Lipinski definition) is 3. The quantitative estimate of drug-likeness (QED) is 0.254. The van der Waals surface area contributed by atoms with Gasteiger partial charge < -0.3 is 15.3 Å². The molecule has 4 heteroatoms. The molecule has 0 aromatic heterocycles. The van der Waals surface area contributed by atoms with Crippen molar-refractivity contribution < 1.29 is 15.3 Å².